The first-order chi connectivity index (χ1) is 8.83. The third-order valence-corrected chi connectivity index (χ3v) is 3.46. The highest BCUT2D eigenvalue weighted by molar-refractivity contribution is 7.18. The smallest absolute Gasteiger partial charge is 0.306 e. The molecule has 0 aliphatic carbocycles. The van der Waals surface area contributed by atoms with Gasteiger partial charge in [0.15, 0.2) is 0 Å². The molecular weight excluding hydrogens is 262 g/mol. The monoisotopic (exact) mass is 279 g/mol. The number of aromatic nitrogens is 1. The Morgan fingerprint density at radius 1 is 1.42 bits per heavy atom. The van der Waals surface area contributed by atoms with E-state index in [-0.39, 0.29) is 11.7 Å². The molecule has 4 nitrogen and oxygen atoms in total. The molecular formula is C14H17NO3S. The third-order valence-electron chi connectivity index (χ3n) is 2.38. The highest BCUT2D eigenvalue weighted by atomic mass is 32.1. The van der Waals surface area contributed by atoms with Crippen LogP contribution in [-0.4, -0.2) is 21.7 Å². The Hall–Kier alpha value is -1.62. The third kappa shape index (κ3) is 3.92. The van der Waals surface area contributed by atoms with E-state index in [2.05, 4.69) is 4.98 Å². The summed E-state index contributed by atoms with van der Waals surface area (Å²) in [5.41, 5.74) is 0.401. The van der Waals surface area contributed by atoms with Crippen molar-refractivity contribution in [3.05, 3.63) is 23.2 Å². The molecule has 0 bridgehead atoms. The molecule has 0 amide bonds. The van der Waals surface area contributed by atoms with Gasteiger partial charge in [-0.25, -0.2) is 4.98 Å². The fraction of sp³-hybridized carbons (Fsp3) is 0.429. The van der Waals surface area contributed by atoms with Crippen LogP contribution in [0, 0.1) is 0 Å². The first-order valence-electron chi connectivity index (χ1n) is 6.14. The minimum absolute atomic E-state index is 0.213. The number of rotatable bonds is 3. The summed E-state index contributed by atoms with van der Waals surface area (Å²) in [5.74, 6) is 0.0180. The maximum absolute atomic E-state index is 11.6. The van der Waals surface area contributed by atoms with Crippen LogP contribution in [-0.2, 0) is 16.0 Å². The molecule has 2 aromatic rings. The van der Waals surface area contributed by atoms with Gasteiger partial charge in [-0.3, -0.25) is 4.79 Å². The number of esters is 1. The highest BCUT2D eigenvalue weighted by Crippen LogP contribution is 2.26. The van der Waals surface area contributed by atoms with Gasteiger partial charge in [0.05, 0.1) is 21.6 Å². The van der Waals surface area contributed by atoms with E-state index in [0.717, 1.165) is 15.2 Å². The Morgan fingerprint density at radius 2 is 2.16 bits per heavy atom. The van der Waals surface area contributed by atoms with E-state index in [1.807, 2.05) is 20.8 Å². The van der Waals surface area contributed by atoms with Crippen LogP contribution in [0.15, 0.2) is 18.2 Å². The molecule has 0 unspecified atom stereocenters. The topological polar surface area (TPSA) is 59.4 Å². The van der Waals surface area contributed by atoms with Gasteiger partial charge in [0.25, 0.3) is 0 Å². The number of phenolic OH excluding ortho intramolecular Hbond substituents is 1. The summed E-state index contributed by atoms with van der Waals surface area (Å²) >= 11 is 1.49. The van der Waals surface area contributed by atoms with Crippen molar-refractivity contribution < 1.29 is 14.6 Å². The van der Waals surface area contributed by atoms with Crippen LogP contribution in [0.3, 0.4) is 0 Å². The molecule has 1 heterocycles. The Labute approximate surface area is 116 Å². The molecule has 0 saturated carbocycles. The maximum Gasteiger partial charge on any atom is 0.306 e. The van der Waals surface area contributed by atoms with E-state index >= 15 is 0 Å². The van der Waals surface area contributed by atoms with Crippen molar-refractivity contribution in [2.24, 2.45) is 0 Å². The van der Waals surface area contributed by atoms with Gasteiger partial charge in [-0.05, 0) is 39.0 Å². The van der Waals surface area contributed by atoms with Crippen molar-refractivity contribution in [3.8, 4) is 5.75 Å². The molecule has 0 saturated heterocycles. The summed E-state index contributed by atoms with van der Waals surface area (Å²) in [5, 5.41) is 10.3. The second kappa shape index (κ2) is 5.17. The molecule has 2 rings (SSSR count). The molecule has 0 fully saturated rings. The first-order valence-corrected chi connectivity index (χ1v) is 6.95. The predicted octanol–water partition coefficient (Wildman–Crippen LogP) is 3.28. The number of thiazole rings is 1. The number of aromatic hydroxyl groups is 1. The van der Waals surface area contributed by atoms with Crippen molar-refractivity contribution in [2.75, 3.05) is 0 Å². The number of carbonyl (C=O) groups is 1. The maximum atomic E-state index is 11.6. The van der Waals surface area contributed by atoms with Gasteiger partial charge < -0.3 is 9.84 Å². The zero-order valence-electron chi connectivity index (χ0n) is 11.3. The van der Waals surface area contributed by atoms with Gasteiger partial charge in [-0.1, -0.05) is 0 Å². The average Bonchev–Trinajstić information content (AvgIpc) is 2.66. The quantitative estimate of drug-likeness (QED) is 0.876. The van der Waals surface area contributed by atoms with Crippen LogP contribution < -0.4 is 0 Å². The average molecular weight is 279 g/mol. The molecule has 1 N–H and O–H groups in total. The number of nitrogens with zero attached hydrogens (tertiary/aromatic N) is 1. The fourth-order valence-corrected chi connectivity index (χ4v) is 2.67. The van der Waals surface area contributed by atoms with Crippen LogP contribution in [0.4, 0.5) is 0 Å². The molecule has 1 aromatic carbocycles. The van der Waals surface area contributed by atoms with Crippen molar-refractivity contribution >= 4 is 27.5 Å². The van der Waals surface area contributed by atoms with Crippen LogP contribution in [0.5, 0.6) is 5.75 Å². The number of carbonyl (C=O) groups excluding carboxylic acids is 1. The van der Waals surface area contributed by atoms with Crippen LogP contribution >= 0.6 is 11.3 Å². The second-order valence-electron chi connectivity index (χ2n) is 5.35. The van der Waals surface area contributed by atoms with E-state index in [9.17, 15) is 9.90 Å². The van der Waals surface area contributed by atoms with Gasteiger partial charge in [-0.2, -0.15) is 0 Å². The Balaban J connectivity index is 2.00. The summed E-state index contributed by atoms with van der Waals surface area (Å²) in [6, 6.07) is 5.07. The standard InChI is InChI=1S/C14H17NO3S/c1-14(2,3)18-13(17)7-6-12-15-10-5-4-9(16)8-11(10)19-12/h4-5,8,16H,6-7H2,1-3H3. The number of hydrogen-bond acceptors (Lipinski definition) is 5. The Morgan fingerprint density at radius 3 is 2.84 bits per heavy atom. The van der Waals surface area contributed by atoms with Crippen molar-refractivity contribution in [1.29, 1.82) is 0 Å². The highest BCUT2D eigenvalue weighted by Gasteiger charge is 2.16. The minimum atomic E-state index is -0.448. The lowest BCUT2D eigenvalue weighted by molar-refractivity contribution is -0.154. The largest absolute Gasteiger partial charge is 0.508 e. The molecule has 5 heteroatoms. The second-order valence-corrected chi connectivity index (χ2v) is 6.46. The Kier molecular flexibility index (Phi) is 3.75. The summed E-state index contributed by atoms with van der Waals surface area (Å²) < 4.78 is 6.18. The lowest BCUT2D eigenvalue weighted by Crippen LogP contribution is -2.23. The number of phenols is 1. The van der Waals surface area contributed by atoms with E-state index in [1.165, 1.54) is 11.3 Å². The summed E-state index contributed by atoms with van der Waals surface area (Å²) in [4.78, 5) is 16.0. The van der Waals surface area contributed by atoms with Crippen molar-refractivity contribution in [1.82, 2.24) is 4.98 Å². The molecule has 0 aliphatic rings. The van der Waals surface area contributed by atoms with E-state index in [4.69, 9.17) is 4.74 Å². The normalized spacial score (nSPS) is 11.7. The van der Waals surface area contributed by atoms with Gasteiger partial charge in [-0.15, -0.1) is 11.3 Å². The van der Waals surface area contributed by atoms with Crippen LogP contribution in [0.25, 0.3) is 10.2 Å². The summed E-state index contributed by atoms with van der Waals surface area (Å²) in [6.45, 7) is 5.56. The minimum Gasteiger partial charge on any atom is -0.508 e. The predicted molar refractivity (Wildman–Crippen MR) is 75.5 cm³/mol. The van der Waals surface area contributed by atoms with Crippen LogP contribution in [0.2, 0.25) is 0 Å². The molecule has 0 spiro atoms. The number of fused-ring (bicyclic) bond motifs is 1. The fourth-order valence-electron chi connectivity index (χ4n) is 1.67. The zero-order valence-corrected chi connectivity index (χ0v) is 12.1. The number of hydrogen-bond donors (Lipinski definition) is 1. The van der Waals surface area contributed by atoms with Crippen molar-refractivity contribution in [2.45, 2.75) is 39.2 Å². The molecule has 102 valence electrons. The molecule has 0 radical (unpaired) electrons. The van der Waals surface area contributed by atoms with Gasteiger partial charge >= 0.3 is 5.97 Å². The number of ether oxygens (including phenoxy) is 1. The molecule has 1 aromatic heterocycles. The lowest BCUT2D eigenvalue weighted by Gasteiger charge is -2.19. The lowest BCUT2D eigenvalue weighted by atomic mass is 10.2. The van der Waals surface area contributed by atoms with Crippen molar-refractivity contribution in [3.63, 3.8) is 0 Å². The zero-order chi connectivity index (χ0) is 14.0. The van der Waals surface area contributed by atoms with Crippen LogP contribution in [0.1, 0.15) is 32.2 Å². The van der Waals surface area contributed by atoms with Gasteiger partial charge in [0.1, 0.15) is 11.4 Å². The SMILES string of the molecule is CC(C)(C)OC(=O)CCc1nc2ccc(O)cc2s1. The van der Waals surface area contributed by atoms with Gasteiger partial charge in [0, 0.05) is 6.42 Å². The number of benzene rings is 1. The number of aryl methyl sites for hydroxylation is 1. The van der Waals surface area contributed by atoms with E-state index in [0.29, 0.717) is 12.8 Å². The summed E-state index contributed by atoms with van der Waals surface area (Å²) in [6.07, 6.45) is 0.887. The Bertz CT molecular complexity index is 598. The van der Waals surface area contributed by atoms with E-state index in [1.54, 1.807) is 18.2 Å². The van der Waals surface area contributed by atoms with Gasteiger partial charge in [0.2, 0.25) is 0 Å². The first kappa shape index (κ1) is 13.8. The van der Waals surface area contributed by atoms with E-state index < -0.39 is 5.60 Å². The molecule has 0 atom stereocenters. The summed E-state index contributed by atoms with van der Waals surface area (Å²) in [7, 11) is 0. The molecule has 0 aliphatic heterocycles. The molecule has 19 heavy (non-hydrogen) atoms.